The summed E-state index contributed by atoms with van der Waals surface area (Å²) in [6.45, 7) is 0.591. The third-order valence-corrected chi connectivity index (χ3v) is 1.64. The largest absolute Gasteiger partial charge is 0.454 e. The van der Waals surface area contributed by atoms with Gasteiger partial charge in [0.2, 0.25) is 6.79 Å². The second-order valence-corrected chi connectivity index (χ2v) is 2.36. The average molecular weight is 150 g/mol. The predicted molar refractivity (Wildman–Crippen MR) is 39.4 cm³/mol. The van der Waals surface area contributed by atoms with Crippen molar-refractivity contribution in [3.05, 3.63) is 23.8 Å². The molecule has 1 aliphatic rings. The Morgan fingerprint density at radius 1 is 1.27 bits per heavy atom. The standard InChI is InChI=1S/C8H8NO2/c9-4-6-1-2-7-8(3-6)11-5-10-7/h1-3,9H,4-5H2. The van der Waals surface area contributed by atoms with E-state index in [1.807, 2.05) is 18.2 Å². The van der Waals surface area contributed by atoms with E-state index in [-0.39, 0.29) is 6.54 Å². The molecule has 0 saturated heterocycles. The summed E-state index contributed by atoms with van der Waals surface area (Å²) >= 11 is 0. The summed E-state index contributed by atoms with van der Waals surface area (Å²) in [6, 6.07) is 5.56. The van der Waals surface area contributed by atoms with Gasteiger partial charge in [0.1, 0.15) is 0 Å². The number of hydrogen-bond donors (Lipinski definition) is 0. The van der Waals surface area contributed by atoms with E-state index in [9.17, 15) is 0 Å². The van der Waals surface area contributed by atoms with Gasteiger partial charge in [-0.15, -0.1) is 0 Å². The highest BCUT2D eigenvalue weighted by Crippen LogP contribution is 2.32. The number of hydrogen-bond acceptors (Lipinski definition) is 2. The fourth-order valence-corrected chi connectivity index (χ4v) is 1.05. The van der Waals surface area contributed by atoms with E-state index in [2.05, 4.69) is 0 Å². The Hall–Kier alpha value is -1.22. The van der Waals surface area contributed by atoms with Crippen molar-refractivity contribution in [1.82, 2.24) is 5.73 Å². The molecule has 0 aromatic heterocycles. The van der Waals surface area contributed by atoms with Gasteiger partial charge in [0, 0.05) is 6.54 Å². The van der Waals surface area contributed by atoms with Gasteiger partial charge >= 0.3 is 0 Å². The Balaban J connectivity index is 2.41. The Kier molecular flexibility index (Phi) is 1.43. The summed E-state index contributed by atoms with van der Waals surface area (Å²) in [5, 5.41) is 0. The molecule has 0 fully saturated rings. The van der Waals surface area contributed by atoms with E-state index in [1.165, 1.54) is 0 Å². The molecule has 1 N–H and O–H groups in total. The monoisotopic (exact) mass is 150 g/mol. The average Bonchev–Trinajstić information content (AvgIpc) is 2.50. The smallest absolute Gasteiger partial charge is 0.231 e. The van der Waals surface area contributed by atoms with Gasteiger partial charge in [-0.3, -0.25) is 5.73 Å². The molecule has 0 amide bonds. The van der Waals surface area contributed by atoms with Gasteiger partial charge in [-0.2, -0.15) is 0 Å². The maximum absolute atomic E-state index is 7.11. The first kappa shape index (κ1) is 6.49. The SMILES string of the molecule is [NH]Cc1ccc2c(c1)OCO2. The summed E-state index contributed by atoms with van der Waals surface area (Å²) in [6.07, 6.45) is 0. The minimum absolute atomic E-state index is 0.288. The quantitative estimate of drug-likeness (QED) is 0.603. The highest BCUT2D eigenvalue weighted by atomic mass is 16.7. The number of benzene rings is 1. The third-order valence-electron chi connectivity index (χ3n) is 1.64. The van der Waals surface area contributed by atoms with Crippen LogP contribution < -0.4 is 15.2 Å². The number of ether oxygens (including phenoxy) is 2. The van der Waals surface area contributed by atoms with Gasteiger partial charge in [0.15, 0.2) is 11.5 Å². The van der Waals surface area contributed by atoms with Crippen LogP contribution in [0.25, 0.3) is 0 Å². The van der Waals surface area contributed by atoms with E-state index >= 15 is 0 Å². The second-order valence-electron chi connectivity index (χ2n) is 2.36. The van der Waals surface area contributed by atoms with Crippen LogP contribution in [0.5, 0.6) is 11.5 Å². The fourth-order valence-electron chi connectivity index (χ4n) is 1.05. The third kappa shape index (κ3) is 1.03. The molecule has 1 aromatic rings. The van der Waals surface area contributed by atoms with E-state index in [0.29, 0.717) is 6.79 Å². The Labute approximate surface area is 64.7 Å². The molecule has 1 aromatic carbocycles. The summed E-state index contributed by atoms with van der Waals surface area (Å²) in [4.78, 5) is 0. The second kappa shape index (κ2) is 2.43. The zero-order chi connectivity index (χ0) is 7.68. The molecule has 0 aliphatic carbocycles. The molecule has 1 radical (unpaired) electrons. The van der Waals surface area contributed by atoms with Gasteiger partial charge in [0.05, 0.1) is 0 Å². The molecule has 3 nitrogen and oxygen atoms in total. The zero-order valence-corrected chi connectivity index (χ0v) is 5.96. The van der Waals surface area contributed by atoms with Crippen LogP contribution in [-0.4, -0.2) is 6.79 Å². The van der Waals surface area contributed by atoms with Crippen LogP contribution in [0.15, 0.2) is 18.2 Å². The molecular formula is C8H8NO2. The molecule has 1 heterocycles. The molecule has 3 heteroatoms. The van der Waals surface area contributed by atoms with Crippen LogP contribution in [0.2, 0.25) is 0 Å². The molecule has 0 unspecified atom stereocenters. The summed E-state index contributed by atoms with van der Waals surface area (Å²) in [5.41, 5.74) is 8.06. The molecule has 11 heavy (non-hydrogen) atoms. The van der Waals surface area contributed by atoms with Gasteiger partial charge in [-0.1, -0.05) is 6.07 Å². The van der Waals surface area contributed by atoms with E-state index < -0.39 is 0 Å². The molecule has 0 bridgehead atoms. The van der Waals surface area contributed by atoms with Crippen molar-refractivity contribution in [3.63, 3.8) is 0 Å². The van der Waals surface area contributed by atoms with Gasteiger partial charge < -0.3 is 9.47 Å². The molecule has 2 rings (SSSR count). The van der Waals surface area contributed by atoms with Crippen LogP contribution in [0.4, 0.5) is 0 Å². The first-order valence-corrected chi connectivity index (χ1v) is 3.43. The highest BCUT2D eigenvalue weighted by molar-refractivity contribution is 5.44. The molecule has 0 saturated carbocycles. The minimum Gasteiger partial charge on any atom is -0.454 e. The minimum atomic E-state index is 0.288. The van der Waals surface area contributed by atoms with Crippen LogP contribution in [0.3, 0.4) is 0 Å². The molecule has 0 spiro atoms. The van der Waals surface area contributed by atoms with Crippen molar-refractivity contribution in [2.24, 2.45) is 0 Å². The molecule has 1 aliphatic heterocycles. The van der Waals surface area contributed by atoms with E-state index in [4.69, 9.17) is 15.2 Å². The Bertz CT molecular complexity index is 273. The summed E-state index contributed by atoms with van der Waals surface area (Å²) < 4.78 is 10.2. The molecular weight excluding hydrogens is 142 g/mol. The fraction of sp³-hybridized carbons (Fsp3) is 0.250. The van der Waals surface area contributed by atoms with Crippen molar-refractivity contribution in [2.75, 3.05) is 6.79 Å². The van der Waals surface area contributed by atoms with Crippen LogP contribution >= 0.6 is 0 Å². The first-order chi connectivity index (χ1) is 5.40. The van der Waals surface area contributed by atoms with Gasteiger partial charge in [-0.25, -0.2) is 0 Å². The number of fused-ring (bicyclic) bond motifs is 1. The lowest BCUT2D eigenvalue weighted by molar-refractivity contribution is 0.174. The Morgan fingerprint density at radius 2 is 2.09 bits per heavy atom. The maximum Gasteiger partial charge on any atom is 0.231 e. The lowest BCUT2D eigenvalue weighted by atomic mass is 10.2. The zero-order valence-electron chi connectivity index (χ0n) is 5.96. The number of nitrogens with one attached hydrogen (secondary N) is 1. The first-order valence-electron chi connectivity index (χ1n) is 3.43. The topological polar surface area (TPSA) is 42.3 Å². The highest BCUT2D eigenvalue weighted by Gasteiger charge is 2.12. The Morgan fingerprint density at radius 3 is 2.91 bits per heavy atom. The summed E-state index contributed by atoms with van der Waals surface area (Å²) in [7, 11) is 0. The number of rotatable bonds is 1. The molecule has 57 valence electrons. The summed E-state index contributed by atoms with van der Waals surface area (Å²) in [5.74, 6) is 1.54. The van der Waals surface area contributed by atoms with Crippen LogP contribution in [0.1, 0.15) is 5.56 Å². The lowest BCUT2D eigenvalue weighted by Gasteiger charge is -1.97. The maximum atomic E-state index is 7.11. The van der Waals surface area contributed by atoms with Crippen LogP contribution in [-0.2, 0) is 6.54 Å². The van der Waals surface area contributed by atoms with E-state index in [0.717, 1.165) is 17.1 Å². The van der Waals surface area contributed by atoms with E-state index in [1.54, 1.807) is 0 Å². The van der Waals surface area contributed by atoms with Gasteiger partial charge in [-0.05, 0) is 17.7 Å². The van der Waals surface area contributed by atoms with Crippen molar-refractivity contribution in [2.45, 2.75) is 6.54 Å². The van der Waals surface area contributed by atoms with Crippen molar-refractivity contribution >= 4 is 0 Å². The van der Waals surface area contributed by atoms with Gasteiger partial charge in [0.25, 0.3) is 0 Å². The van der Waals surface area contributed by atoms with Crippen molar-refractivity contribution in [1.29, 1.82) is 0 Å². The van der Waals surface area contributed by atoms with Crippen molar-refractivity contribution < 1.29 is 9.47 Å². The van der Waals surface area contributed by atoms with Crippen LogP contribution in [0, 0.1) is 0 Å². The predicted octanol–water partition coefficient (Wildman–Crippen LogP) is 1.20. The molecule has 0 atom stereocenters. The lowest BCUT2D eigenvalue weighted by Crippen LogP contribution is -1.92. The normalized spacial score (nSPS) is 13.5. The van der Waals surface area contributed by atoms with Crippen molar-refractivity contribution in [3.8, 4) is 11.5 Å².